The third kappa shape index (κ3) is 2.69. The zero-order valence-corrected chi connectivity index (χ0v) is 12.2. The van der Waals surface area contributed by atoms with Crippen molar-refractivity contribution in [3.63, 3.8) is 0 Å². The number of anilines is 1. The fraction of sp³-hybridized carbons (Fsp3) is 0.357. The largest absolute Gasteiger partial charge is 0.365 e. The molecule has 0 bridgehead atoms. The summed E-state index contributed by atoms with van der Waals surface area (Å²) < 4.78 is 4.82. The summed E-state index contributed by atoms with van der Waals surface area (Å²) >= 11 is 1.43. The van der Waals surface area contributed by atoms with Crippen LogP contribution in [0.15, 0.2) is 16.8 Å². The van der Waals surface area contributed by atoms with Crippen LogP contribution in [-0.2, 0) is 12.8 Å². The molecule has 3 N–H and O–H groups in total. The molecule has 1 aliphatic rings. The molecule has 0 radical (unpaired) electrons. The molecule has 0 spiro atoms. The third-order valence-corrected chi connectivity index (χ3v) is 4.76. The van der Waals surface area contributed by atoms with Crippen LogP contribution in [0.25, 0.3) is 0 Å². The highest BCUT2D eigenvalue weighted by Crippen LogP contribution is 2.37. The molecule has 6 nitrogen and oxygen atoms in total. The fourth-order valence-corrected chi connectivity index (χ4v) is 3.88. The number of nitrogens with one attached hydrogen (secondary N) is 1. The Kier molecular flexibility index (Phi) is 3.74. The SMILES string of the molecule is NC(=O)c1c(NC(=O)c2ccno2)sc2c1CCCCC2. The second kappa shape index (κ2) is 5.69. The average molecular weight is 305 g/mol. The number of thiophene rings is 1. The van der Waals surface area contributed by atoms with Gasteiger partial charge in [0.05, 0.1) is 11.8 Å². The van der Waals surface area contributed by atoms with Gasteiger partial charge in [-0.25, -0.2) is 0 Å². The summed E-state index contributed by atoms with van der Waals surface area (Å²) in [6, 6.07) is 1.47. The molecular weight excluding hydrogens is 290 g/mol. The summed E-state index contributed by atoms with van der Waals surface area (Å²) in [5.41, 5.74) is 6.96. The number of rotatable bonds is 3. The van der Waals surface area contributed by atoms with E-state index in [0.717, 1.165) is 42.5 Å². The Hall–Kier alpha value is -2.15. The molecule has 2 amide bonds. The van der Waals surface area contributed by atoms with Gasteiger partial charge in [-0.2, -0.15) is 0 Å². The zero-order valence-electron chi connectivity index (χ0n) is 11.3. The molecule has 0 atom stereocenters. The van der Waals surface area contributed by atoms with Crippen LogP contribution in [0.1, 0.15) is 50.6 Å². The van der Waals surface area contributed by atoms with Crippen LogP contribution in [0, 0.1) is 0 Å². The van der Waals surface area contributed by atoms with Gasteiger partial charge in [-0.05, 0) is 31.2 Å². The number of carbonyl (C=O) groups is 2. The number of amides is 2. The lowest BCUT2D eigenvalue weighted by Gasteiger charge is -2.04. The fourth-order valence-electron chi connectivity index (χ4n) is 2.59. The highest BCUT2D eigenvalue weighted by atomic mass is 32.1. The van der Waals surface area contributed by atoms with Gasteiger partial charge in [-0.3, -0.25) is 9.59 Å². The van der Waals surface area contributed by atoms with E-state index in [0.29, 0.717) is 10.6 Å². The second-order valence-corrected chi connectivity index (χ2v) is 6.07. The number of carbonyl (C=O) groups excluding carboxylic acids is 2. The molecule has 3 rings (SSSR count). The summed E-state index contributed by atoms with van der Waals surface area (Å²) in [6.07, 6.45) is 6.45. The van der Waals surface area contributed by atoms with E-state index in [1.165, 1.54) is 23.6 Å². The zero-order chi connectivity index (χ0) is 14.8. The Balaban J connectivity index is 1.95. The van der Waals surface area contributed by atoms with Gasteiger partial charge in [0.15, 0.2) is 0 Å². The molecule has 0 saturated carbocycles. The highest BCUT2D eigenvalue weighted by Gasteiger charge is 2.25. The van der Waals surface area contributed by atoms with Crippen LogP contribution in [0.4, 0.5) is 5.00 Å². The highest BCUT2D eigenvalue weighted by molar-refractivity contribution is 7.17. The number of hydrogen-bond acceptors (Lipinski definition) is 5. The summed E-state index contributed by atoms with van der Waals surface area (Å²) in [4.78, 5) is 25.0. The summed E-state index contributed by atoms with van der Waals surface area (Å²) in [5.74, 6) is -0.817. The van der Waals surface area contributed by atoms with Crippen LogP contribution in [-0.4, -0.2) is 17.0 Å². The Morgan fingerprint density at radius 1 is 1.29 bits per heavy atom. The lowest BCUT2D eigenvalue weighted by atomic mass is 10.1. The van der Waals surface area contributed by atoms with Crippen molar-refractivity contribution in [3.05, 3.63) is 34.0 Å². The maximum atomic E-state index is 12.0. The smallest absolute Gasteiger partial charge is 0.294 e. The predicted molar refractivity (Wildman–Crippen MR) is 78.6 cm³/mol. The molecule has 0 fully saturated rings. The van der Waals surface area contributed by atoms with Crippen molar-refractivity contribution < 1.29 is 14.1 Å². The minimum Gasteiger partial charge on any atom is -0.365 e. The van der Waals surface area contributed by atoms with Gasteiger partial charge in [0, 0.05) is 10.9 Å². The van der Waals surface area contributed by atoms with Crippen molar-refractivity contribution in [3.8, 4) is 0 Å². The Morgan fingerprint density at radius 2 is 2.10 bits per heavy atom. The molecule has 2 heterocycles. The maximum Gasteiger partial charge on any atom is 0.294 e. The van der Waals surface area contributed by atoms with Crippen LogP contribution < -0.4 is 11.1 Å². The number of aryl methyl sites for hydroxylation is 1. The Morgan fingerprint density at radius 3 is 2.81 bits per heavy atom. The van der Waals surface area contributed by atoms with E-state index in [4.69, 9.17) is 10.3 Å². The second-order valence-electron chi connectivity index (χ2n) is 4.96. The molecule has 21 heavy (non-hydrogen) atoms. The van der Waals surface area contributed by atoms with Crippen LogP contribution in [0.2, 0.25) is 0 Å². The van der Waals surface area contributed by atoms with Gasteiger partial charge >= 0.3 is 0 Å². The molecule has 2 aromatic rings. The van der Waals surface area contributed by atoms with Crippen molar-refractivity contribution in [2.24, 2.45) is 5.73 Å². The summed E-state index contributed by atoms with van der Waals surface area (Å²) in [6.45, 7) is 0. The van der Waals surface area contributed by atoms with Crippen molar-refractivity contribution in [1.29, 1.82) is 0 Å². The number of nitrogens with zero attached hydrogens (tertiary/aromatic N) is 1. The summed E-state index contributed by atoms with van der Waals surface area (Å²) in [7, 11) is 0. The predicted octanol–water partition coefficient (Wildman–Crippen LogP) is 2.36. The normalized spacial score (nSPS) is 14.3. The molecule has 0 aromatic carbocycles. The first-order chi connectivity index (χ1) is 10.2. The van der Waals surface area contributed by atoms with Crippen LogP contribution in [0.5, 0.6) is 0 Å². The van der Waals surface area contributed by atoms with E-state index in [1.54, 1.807) is 0 Å². The maximum absolute atomic E-state index is 12.0. The minimum atomic E-state index is -0.498. The quantitative estimate of drug-likeness (QED) is 0.850. The molecular formula is C14H15N3O3S. The van der Waals surface area contributed by atoms with Crippen LogP contribution in [0.3, 0.4) is 0 Å². The van der Waals surface area contributed by atoms with E-state index in [2.05, 4.69) is 10.5 Å². The topological polar surface area (TPSA) is 98.2 Å². The number of primary amides is 1. The molecule has 0 unspecified atom stereocenters. The summed E-state index contributed by atoms with van der Waals surface area (Å²) in [5, 5.41) is 6.72. The number of nitrogens with two attached hydrogens (primary N) is 1. The molecule has 0 aliphatic heterocycles. The molecule has 0 saturated heterocycles. The Labute approximate surface area is 125 Å². The monoisotopic (exact) mass is 305 g/mol. The van der Waals surface area contributed by atoms with Crippen molar-refractivity contribution in [2.45, 2.75) is 32.1 Å². The van der Waals surface area contributed by atoms with E-state index >= 15 is 0 Å². The van der Waals surface area contributed by atoms with Gasteiger partial charge in [-0.15, -0.1) is 11.3 Å². The van der Waals surface area contributed by atoms with E-state index in [1.807, 2.05) is 0 Å². The van der Waals surface area contributed by atoms with Crippen molar-refractivity contribution in [1.82, 2.24) is 5.16 Å². The van der Waals surface area contributed by atoms with Gasteiger partial charge in [0.1, 0.15) is 5.00 Å². The van der Waals surface area contributed by atoms with E-state index in [-0.39, 0.29) is 5.76 Å². The molecule has 7 heteroatoms. The first-order valence-electron chi connectivity index (χ1n) is 6.83. The number of aromatic nitrogens is 1. The van der Waals surface area contributed by atoms with Gasteiger partial charge in [-0.1, -0.05) is 11.6 Å². The molecule has 110 valence electrons. The lowest BCUT2D eigenvalue weighted by Crippen LogP contribution is -2.17. The third-order valence-electron chi connectivity index (χ3n) is 3.56. The number of hydrogen-bond donors (Lipinski definition) is 2. The van der Waals surface area contributed by atoms with Crippen molar-refractivity contribution >= 4 is 28.2 Å². The molecule has 1 aliphatic carbocycles. The van der Waals surface area contributed by atoms with Gasteiger partial charge in [0.25, 0.3) is 11.8 Å². The Bertz CT molecular complexity index is 676. The average Bonchev–Trinajstić information content (AvgIpc) is 3.02. The van der Waals surface area contributed by atoms with Crippen molar-refractivity contribution in [2.75, 3.05) is 5.32 Å². The van der Waals surface area contributed by atoms with Crippen LogP contribution >= 0.6 is 11.3 Å². The standard InChI is InChI=1S/C14H15N3O3S/c15-12(18)11-8-4-2-1-3-5-10(8)21-14(11)17-13(19)9-6-7-16-20-9/h6-7H,1-5H2,(H2,15,18)(H,17,19). The van der Waals surface area contributed by atoms with Gasteiger partial charge in [0.2, 0.25) is 5.76 Å². The first-order valence-corrected chi connectivity index (χ1v) is 7.65. The lowest BCUT2D eigenvalue weighted by molar-refractivity contribution is 0.0988. The molecule has 2 aromatic heterocycles. The first kappa shape index (κ1) is 13.8. The number of fused-ring (bicyclic) bond motifs is 1. The van der Waals surface area contributed by atoms with Gasteiger partial charge < -0.3 is 15.6 Å². The minimum absolute atomic E-state index is 0.106. The van der Waals surface area contributed by atoms with E-state index < -0.39 is 11.8 Å². The van der Waals surface area contributed by atoms with E-state index in [9.17, 15) is 9.59 Å².